The van der Waals surface area contributed by atoms with Crippen molar-refractivity contribution in [3.8, 4) is 0 Å². The van der Waals surface area contributed by atoms with Crippen LogP contribution in [0.1, 0.15) is 18.4 Å². The fourth-order valence-electron chi connectivity index (χ4n) is 2.08. The zero-order valence-electron chi connectivity index (χ0n) is 10.4. The first kappa shape index (κ1) is 15.4. The summed E-state index contributed by atoms with van der Waals surface area (Å²) in [6.07, 6.45) is 1.67. The van der Waals surface area contributed by atoms with Crippen molar-refractivity contribution in [3.05, 3.63) is 15.4 Å². The van der Waals surface area contributed by atoms with Crippen LogP contribution in [0.3, 0.4) is 0 Å². The van der Waals surface area contributed by atoms with Crippen LogP contribution in [0.5, 0.6) is 0 Å². The summed E-state index contributed by atoms with van der Waals surface area (Å²) < 4.78 is 27.8. The molecule has 0 amide bonds. The third-order valence-electron chi connectivity index (χ3n) is 3.22. The maximum atomic E-state index is 12.6. The highest BCUT2D eigenvalue weighted by Crippen LogP contribution is 2.33. The molecule has 0 spiro atoms. The lowest BCUT2D eigenvalue weighted by Crippen LogP contribution is -2.43. The second kappa shape index (κ2) is 5.77. The molecule has 2 rings (SSSR count). The average molecular weight is 383 g/mol. The normalized spacial score (nSPS) is 21.5. The van der Waals surface area contributed by atoms with Crippen LogP contribution >= 0.6 is 39.5 Å². The van der Waals surface area contributed by atoms with Crippen LogP contribution in [-0.2, 0) is 10.0 Å². The number of halogens is 1. The largest absolute Gasteiger partial charge is 0.393 e. The summed E-state index contributed by atoms with van der Waals surface area (Å²) in [5, 5.41) is 0. The number of thiocarbonyl (C=S) groups is 1. The van der Waals surface area contributed by atoms with Crippen molar-refractivity contribution in [2.45, 2.75) is 24.0 Å². The third-order valence-corrected chi connectivity index (χ3v) is 8.00. The molecule has 1 aromatic heterocycles. The van der Waals surface area contributed by atoms with Gasteiger partial charge in [-0.2, -0.15) is 4.31 Å². The van der Waals surface area contributed by atoms with Gasteiger partial charge in [-0.3, -0.25) is 0 Å². The summed E-state index contributed by atoms with van der Waals surface area (Å²) in [5.41, 5.74) is 6.58. The summed E-state index contributed by atoms with van der Waals surface area (Å²) in [4.78, 5) is 0.406. The van der Waals surface area contributed by atoms with Crippen LogP contribution in [0, 0.1) is 12.8 Å². The number of hydrogen-bond acceptors (Lipinski definition) is 4. The molecule has 0 bridgehead atoms. The van der Waals surface area contributed by atoms with Gasteiger partial charge >= 0.3 is 0 Å². The molecule has 0 aromatic carbocycles. The summed E-state index contributed by atoms with van der Waals surface area (Å²) in [7, 11) is -3.42. The molecule has 106 valence electrons. The molecule has 0 radical (unpaired) electrons. The van der Waals surface area contributed by atoms with Crippen molar-refractivity contribution in [1.82, 2.24) is 4.31 Å². The molecule has 19 heavy (non-hydrogen) atoms. The molecule has 1 fully saturated rings. The van der Waals surface area contributed by atoms with E-state index in [1.54, 1.807) is 6.07 Å². The number of nitrogens with zero attached hydrogens (tertiary/aromatic N) is 1. The molecular formula is C11H15BrN2O2S3. The van der Waals surface area contributed by atoms with Crippen LogP contribution in [0.2, 0.25) is 0 Å². The van der Waals surface area contributed by atoms with E-state index in [0.29, 0.717) is 22.3 Å². The highest BCUT2D eigenvalue weighted by molar-refractivity contribution is 9.11. The van der Waals surface area contributed by atoms with Crippen LogP contribution < -0.4 is 5.73 Å². The first-order chi connectivity index (χ1) is 8.82. The number of thiophene rings is 1. The lowest BCUT2D eigenvalue weighted by Gasteiger charge is -2.30. The first-order valence-corrected chi connectivity index (χ1v) is 9.33. The number of piperidine rings is 1. The van der Waals surface area contributed by atoms with Gasteiger partial charge in [0.2, 0.25) is 0 Å². The molecule has 4 nitrogen and oxygen atoms in total. The Balaban J connectivity index is 2.26. The van der Waals surface area contributed by atoms with E-state index in [0.717, 1.165) is 22.2 Å². The van der Waals surface area contributed by atoms with Gasteiger partial charge in [-0.05, 0) is 47.3 Å². The summed E-state index contributed by atoms with van der Waals surface area (Å²) in [6, 6.07) is 1.70. The Bertz CT molecular complexity index is 578. The van der Waals surface area contributed by atoms with Crippen molar-refractivity contribution < 1.29 is 8.42 Å². The maximum Gasteiger partial charge on any atom is 0.252 e. The van der Waals surface area contributed by atoms with Crippen molar-refractivity contribution in [2.75, 3.05) is 13.1 Å². The van der Waals surface area contributed by atoms with Crippen molar-refractivity contribution >= 4 is 54.5 Å². The summed E-state index contributed by atoms with van der Waals surface area (Å²) in [6.45, 7) is 2.82. The molecule has 1 atom stereocenters. The van der Waals surface area contributed by atoms with E-state index in [9.17, 15) is 8.42 Å². The smallest absolute Gasteiger partial charge is 0.252 e. The minimum atomic E-state index is -3.42. The van der Waals surface area contributed by atoms with Gasteiger partial charge < -0.3 is 5.73 Å². The van der Waals surface area contributed by atoms with Crippen LogP contribution in [0.25, 0.3) is 0 Å². The number of rotatable bonds is 3. The average Bonchev–Trinajstić information content (AvgIpc) is 2.70. The van der Waals surface area contributed by atoms with Gasteiger partial charge in [0, 0.05) is 19.0 Å². The van der Waals surface area contributed by atoms with Gasteiger partial charge in [0.05, 0.1) is 8.77 Å². The lowest BCUT2D eigenvalue weighted by atomic mass is 10.0. The highest BCUT2D eigenvalue weighted by Gasteiger charge is 2.32. The predicted octanol–water partition coefficient (Wildman–Crippen LogP) is 2.51. The van der Waals surface area contributed by atoms with Gasteiger partial charge in [0.1, 0.15) is 4.21 Å². The Kier molecular flexibility index (Phi) is 4.67. The fourth-order valence-corrected chi connectivity index (χ4v) is 6.18. The standard InChI is InChI=1S/C11H15BrN2O2S3/c1-7-5-9(18-10(7)12)19(15,16)14-4-2-3-8(6-14)11(13)17/h5,8H,2-4,6H2,1H3,(H2,13,17). The van der Waals surface area contributed by atoms with E-state index < -0.39 is 10.0 Å². The van der Waals surface area contributed by atoms with E-state index in [-0.39, 0.29) is 5.92 Å². The first-order valence-electron chi connectivity index (χ1n) is 5.88. The number of sulfonamides is 1. The maximum absolute atomic E-state index is 12.6. The zero-order valence-corrected chi connectivity index (χ0v) is 14.5. The van der Waals surface area contributed by atoms with Crippen LogP contribution in [-0.4, -0.2) is 30.8 Å². The number of nitrogens with two attached hydrogens (primary N) is 1. The molecule has 0 aliphatic carbocycles. The number of aryl methyl sites for hydroxylation is 1. The Morgan fingerprint density at radius 3 is 2.84 bits per heavy atom. The molecule has 1 unspecified atom stereocenters. The molecule has 2 heterocycles. The Labute approximate surface area is 131 Å². The lowest BCUT2D eigenvalue weighted by molar-refractivity contribution is 0.313. The minimum absolute atomic E-state index is 0.0111. The monoisotopic (exact) mass is 382 g/mol. The van der Waals surface area contributed by atoms with Gasteiger partial charge in [0.25, 0.3) is 10.0 Å². The van der Waals surface area contributed by atoms with Gasteiger partial charge in [-0.15, -0.1) is 11.3 Å². The molecule has 1 aliphatic rings. The van der Waals surface area contributed by atoms with Crippen molar-refractivity contribution in [3.63, 3.8) is 0 Å². The second-order valence-corrected chi connectivity index (χ2v) is 9.63. The second-order valence-electron chi connectivity index (χ2n) is 4.63. The molecule has 1 aliphatic heterocycles. The molecule has 1 aromatic rings. The van der Waals surface area contributed by atoms with E-state index in [1.165, 1.54) is 15.6 Å². The highest BCUT2D eigenvalue weighted by atomic mass is 79.9. The fraction of sp³-hybridized carbons (Fsp3) is 0.545. The SMILES string of the molecule is Cc1cc(S(=O)(=O)N2CCCC(C(N)=S)C2)sc1Br. The van der Waals surface area contributed by atoms with E-state index in [1.807, 2.05) is 6.92 Å². The summed E-state index contributed by atoms with van der Waals surface area (Å²) >= 11 is 9.59. The quantitative estimate of drug-likeness (QED) is 0.815. The van der Waals surface area contributed by atoms with Gasteiger partial charge in [-0.25, -0.2) is 8.42 Å². The summed E-state index contributed by atoms with van der Waals surface area (Å²) in [5.74, 6) is -0.0111. The van der Waals surface area contributed by atoms with Crippen LogP contribution in [0.4, 0.5) is 0 Å². The van der Waals surface area contributed by atoms with Gasteiger partial charge in [-0.1, -0.05) is 12.2 Å². The molecule has 1 saturated heterocycles. The van der Waals surface area contributed by atoms with Gasteiger partial charge in [0.15, 0.2) is 0 Å². The van der Waals surface area contributed by atoms with E-state index in [2.05, 4.69) is 15.9 Å². The molecule has 8 heteroatoms. The molecule has 0 saturated carbocycles. The minimum Gasteiger partial charge on any atom is -0.393 e. The van der Waals surface area contributed by atoms with E-state index in [4.69, 9.17) is 18.0 Å². The third kappa shape index (κ3) is 3.18. The Morgan fingerprint density at radius 2 is 2.32 bits per heavy atom. The topological polar surface area (TPSA) is 63.4 Å². The van der Waals surface area contributed by atoms with Crippen molar-refractivity contribution in [1.29, 1.82) is 0 Å². The zero-order chi connectivity index (χ0) is 14.2. The molecule has 2 N–H and O–H groups in total. The number of hydrogen-bond donors (Lipinski definition) is 1. The van der Waals surface area contributed by atoms with E-state index >= 15 is 0 Å². The predicted molar refractivity (Wildman–Crippen MR) is 85.0 cm³/mol. The van der Waals surface area contributed by atoms with Crippen molar-refractivity contribution in [2.24, 2.45) is 11.7 Å². The molecular weight excluding hydrogens is 368 g/mol. The van der Waals surface area contributed by atoms with Crippen LogP contribution in [0.15, 0.2) is 14.1 Å². The Hall–Kier alpha value is -0.0200. The Morgan fingerprint density at radius 1 is 1.63 bits per heavy atom.